The average Bonchev–Trinajstić information content (AvgIpc) is 2.54. The van der Waals surface area contributed by atoms with Gasteiger partial charge in [0.25, 0.3) is 0 Å². The van der Waals surface area contributed by atoms with Gasteiger partial charge in [-0.2, -0.15) is 0 Å². The minimum absolute atomic E-state index is 0.160. The fraction of sp³-hybridized carbons (Fsp3) is 0.600. The van der Waals surface area contributed by atoms with Crippen molar-refractivity contribution in [2.45, 2.75) is 32.7 Å². The fourth-order valence-electron chi connectivity index (χ4n) is 1.54. The van der Waals surface area contributed by atoms with Crippen LogP contribution in [-0.2, 0) is 0 Å². The molecule has 0 amide bonds. The molecule has 0 aliphatic carbocycles. The molecule has 1 atom stereocenters. The Morgan fingerprint density at radius 1 is 1.38 bits per heavy atom. The molecule has 1 aromatic heterocycles. The van der Waals surface area contributed by atoms with Crippen LogP contribution in [0.25, 0.3) is 0 Å². The highest BCUT2D eigenvalue weighted by atomic mass is 35.5. The summed E-state index contributed by atoms with van der Waals surface area (Å²) in [6.07, 6.45) is 2.26. The van der Waals surface area contributed by atoms with Gasteiger partial charge in [-0.3, -0.25) is 0 Å². The Hall–Kier alpha value is -0.0500. The molecular weight excluding hydrogens is 202 g/mol. The summed E-state index contributed by atoms with van der Waals surface area (Å²) in [5.74, 6) is 0.578. The standard InChI is InChI=1S/C10H16ClNS/c1-3-7(4-2)10(12)8-5-6-9(11)13-8/h5-7,10H,3-4,12H2,1-2H3. The van der Waals surface area contributed by atoms with Crippen LogP contribution in [0.4, 0.5) is 0 Å². The Labute approximate surface area is 88.9 Å². The third-order valence-corrected chi connectivity index (χ3v) is 3.81. The molecule has 0 aliphatic rings. The first-order valence-electron chi connectivity index (χ1n) is 4.69. The van der Waals surface area contributed by atoms with Crippen LogP contribution in [0.1, 0.15) is 37.6 Å². The van der Waals surface area contributed by atoms with Gasteiger partial charge >= 0.3 is 0 Å². The lowest BCUT2D eigenvalue weighted by Crippen LogP contribution is -2.19. The molecule has 13 heavy (non-hydrogen) atoms. The summed E-state index contributed by atoms with van der Waals surface area (Å²) in [6, 6.07) is 4.12. The van der Waals surface area contributed by atoms with Crippen LogP contribution < -0.4 is 5.73 Å². The van der Waals surface area contributed by atoms with Gasteiger partial charge in [-0.25, -0.2) is 0 Å². The van der Waals surface area contributed by atoms with Crippen molar-refractivity contribution >= 4 is 22.9 Å². The van der Waals surface area contributed by atoms with Crippen LogP contribution in [0.3, 0.4) is 0 Å². The van der Waals surface area contributed by atoms with Crippen molar-refractivity contribution in [2.24, 2.45) is 11.7 Å². The number of hydrogen-bond donors (Lipinski definition) is 1. The Morgan fingerprint density at radius 3 is 2.38 bits per heavy atom. The zero-order valence-electron chi connectivity index (χ0n) is 8.09. The summed E-state index contributed by atoms with van der Waals surface area (Å²) in [4.78, 5) is 1.21. The van der Waals surface area contributed by atoms with Crippen molar-refractivity contribution in [2.75, 3.05) is 0 Å². The molecule has 0 fully saturated rings. The largest absolute Gasteiger partial charge is 0.323 e. The maximum Gasteiger partial charge on any atom is 0.0931 e. The quantitative estimate of drug-likeness (QED) is 0.815. The van der Waals surface area contributed by atoms with Crippen LogP contribution in [0.5, 0.6) is 0 Å². The second-order valence-electron chi connectivity index (χ2n) is 3.24. The number of thiophene rings is 1. The van der Waals surface area contributed by atoms with Gasteiger partial charge in [0.15, 0.2) is 0 Å². The molecule has 0 bridgehead atoms. The molecule has 1 aromatic rings. The molecule has 1 heterocycles. The third kappa shape index (κ3) is 2.70. The summed E-state index contributed by atoms with van der Waals surface area (Å²) in [7, 11) is 0. The Kier molecular flexibility index (Phi) is 4.23. The van der Waals surface area contributed by atoms with E-state index in [9.17, 15) is 0 Å². The summed E-state index contributed by atoms with van der Waals surface area (Å²) in [5, 5.41) is 0. The monoisotopic (exact) mass is 217 g/mol. The molecule has 1 rings (SSSR count). The van der Waals surface area contributed by atoms with E-state index in [0.717, 1.165) is 17.2 Å². The van der Waals surface area contributed by atoms with E-state index in [1.807, 2.05) is 12.1 Å². The van der Waals surface area contributed by atoms with Crippen molar-refractivity contribution in [1.29, 1.82) is 0 Å². The average molecular weight is 218 g/mol. The van der Waals surface area contributed by atoms with Crippen molar-refractivity contribution < 1.29 is 0 Å². The van der Waals surface area contributed by atoms with Crippen molar-refractivity contribution in [3.63, 3.8) is 0 Å². The van der Waals surface area contributed by atoms with Gasteiger partial charge in [0, 0.05) is 10.9 Å². The molecule has 1 unspecified atom stereocenters. The number of nitrogens with two attached hydrogens (primary N) is 1. The van der Waals surface area contributed by atoms with Gasteiger partial charge in [-0.05, 0) is 18.1 Å². The minimum atomic E-state index is 0.160. The van der Waals surface area contributed by atoms with E-state index in [4.69, 9.17) is 17.3 Å². The van der Waals surface area contributed by atoms with Crippen LogP contribution in [0.2, 0.25) is 4.34 Å². The Balaban J connectivity index is 2.71. The molecule has 0 aromatic carbocycles. The zero-order valence-corrected chi connectivity index (χ0v) is 9.66. The molecule has 0 saturated carbocycles. The van der Waals surface area contributed by atoms with Crippen molar-refractivity contribution in [3.8, 4) is 0 Å². The molecule has 0 radical (unpaired) electrons. The molecule has 3 heteroatoms. The van der Waals surface area contributed by atoms with Crippen LogP contribution in [0.15, 0.2) is 12.1 Å². The molecule has 2 N–H and O–H groups in total. The summed E-state index contributed by atoms with van der Waals surface area (Å²) < 4.78 is 0.830. The van der Waals surface area contributed by atoms with E-state index in [0.29, 0.717) is 5.92 Å². The molecule has 1 nitrogen and oxygen atoms in total. The van der Waals surface area contributed by atoms with E-state index in [2.05, 4.69) is 13.8 Å². The smallest absolute Gasteiger partial charge is 0.0931 e. The molecule has 0 aliphatic heterocycles. The van der Waals surface area contributed by atoms with E-state index in [1.165, 1.54) is 4.88 Å². The first kappa shape index (κ1) is 11.0. The lowest BCUT2D eigenvalue weighted by Gasteiger charge is -2.19. The maximum absolute atomic E-state index is 6.13. The normalized spacial score (nSPS) is 13.6. The number of hydrogen-bond acceptors (Lipinski definition) is 2. The van der Waals surface area contributed by atoms with Gasteiger partial charge in [-0.15, -0.1) is 11.3 Å². The first-order chi connectivity index (χ1) is 6.19. The van der Waals surface area contributed by atoms with E-state index in [1.54, 1.807) is 11.3 Å². The van der Waals surface area contributed by atoms with Gasteiger partial charge in [0.2, 0.25) is 0 Å². The summed E-state index contributed by atoms with van der Waals surface area (Å²) >= 11 is 7.45. The second kappa shape index (κ2) is 4.99. The highest BCUT2D eigenvalue weighted by Gasteiger charge is 2.17. The topological polar surface area (TPSA) is 26.0 Å². The van der Waals surface area contributed by atoms with E-state index in [-0.39, 0.29) is 6.04 Å². The maximum atomic E-state index is 6.13. The van der Waals surface area contributed by atoms with Crippen molar-refractivity contribution in [1.82, 2.24) is 0 Å². The van der Waals surface area contributed by atoms with Crippen LogP contribution in [0, 0.1) is 5.92 Å². The van der Waals surface area contributed by atoms with Gasteiger partial charge < -0.3 is 5.73 Å². The van der Waals surface area contributed by atoms with Gasteiger partial charge in [-0.1, -0.05) is 38.3 Å². The first-order valence-corrected chi connectivity index (χ1v) is 5.89. The van der Waals surface area contributed by atoms with Crippen LogP contribution >= 0.6 is 22.9 Å². The minimum Gasteiger partial charge on any atom is -0.323 e. The predicted molar refractivity (Wildman–Crippen MR) is 60.3 cm³/mol. The molecule has 74 valence electrons. The van der Waals surface area contributed by atoms with Gasteiger partial charge in [0.1, 0.15) is 0 Å². The molecule has 0 saturated heterocycles. The summed E-state index contributed by atoms with van der Waals surface area (Å²) in [5.41, 5.74) is 6.13. The zero-order chi connectivity index (χ0) is 9.84. The van der Waals surface area contributed by atoms with Crippen molar-refractivity contribution in [3.05, 3.63) is 21.3 Å². The lowest BCUT2D eigenvalue weighted by atomic mass is 9.94. The van der Waals surface area contributed by atoms with E-state index >= 15 is 0 Å². The fourth-order valence-corrected chi connectivity index (χ4v) is 2.69. The SMILES string of the molecule is CCC(CC)C(N)c1ccc(Cl)s1. The summed E-state index contributed by atoms with van der Waals surface area (Å²) in [6.45, 7) is 4.37. The van der Waals surface area contributed by atoms with E-state index < -0.39 is 0 Å². The molecule has 0 spiro atoms. The number of halogens is 1. The lowest BCUT2D eigenvalue weighted by molar-refractivity contribution is 0.410. The third-order valence-electron chi connectivity index (χ3n) is 2.48. The van der Waals surface area contributed by atoms with Crippen LogP contribution in [-0.4, -0.2) is 0 Å². The van der Waals surface area contributed by atoms with Gasteiger partial charge in [0.05, 0.1) is 4.34 Å². The second-order valence-corrected chi connectivity index (χ2v) is 4.99. The molecular formula is C10H16ClNS. The number of rotatable bonds is 4. The highest BCUT2D eigenvalue weighted by molar-refractivity contribution is 7.16. The Morgan fingerprint density at radius 2 is 2.00 bits per heavy atom. The highest BCUT2D eigenvalue weighted by Crippen LogP contribution is 2.31. The predicted octanol–water partition coefficient (Wildman–Crippen LogP) is 3.84. The Bertz CT molecular complexity index is 255.